The second kappa shape index (κ2) is 7.61. The van der Waals surface area contributed by atoms with E-state index in [0.717, 1.165) is 43.1 Å². The van der Waals surface area contributed by atoms with E-state index in [0.29, 0.717) is 18.7 Å². The summed E-state index contributed by atoms with van der Waals surface area (Å²) in [6.07, 6.45) is 7.40. The van der Waals surface area contributed by atoms with Crippen LogP contribution in [0.2, 0.25) is 0 Å². The van der Waals surface area contributed by atoms with Crippen molar-refractivity contribution in [2.75, 3.05) is 20.3 Å². The van der Waals surface area contributed by atoms with E-state index >= 15 is 0 Å². The van der Waals surface area contributed by atoms with Crippen LogP contribution in [-0.2, 0) is 9.47 Å². The lowest BCUT2D eigenvalue weighted by molar-refractivity contribution is -0.101. The molecule has 1 N–H and O–H groups in total. The quantitative estimate of drug-likeness (QED) is 0.861. The van der Waals surface area contributed by atoms with Crippen LogP contribution in [-0.4, -0.2) is 58.9 Å². The van der Waals surface area contributed by atoms with Crippen molar-refractivity contribution in [3.05, 3.63) is 34.2 Å². The summed E-state index contributed by atoms with van der Waals surface area (Å²) in [4.78, 5) is 30.8. The maximum absolute atomic E-state index is 13.4. The number of hydrogen-bond donors (Lipinski definition) is 1. The van der Waals surface area contributed by atoms with Crippen molar-refractivity contribution in [1.29, 1.82) is 0 Å². The molecule has 1 amide bonds. The Kier molecular flexibility index (Phi) is 4.95. The van der Waals surface area contributed by atoms with Gasteiger partial charge < -0.3 is 19.4 Å². The number of aromatic amines is 1. The molecule has 1 aromatic carbocycles. The summed E-state index contributed by atoms with van der Waals surface area (Å²) < 4.78 is 13.4. The van der Waals surface area contributed by atoms with Gasteiger partial charge in [0.1, 0.15) is 0 Å². The number of H-pyrrole nitrogens is 1. The largest absolute Gasteiger partial charge is 0.381 e. The van der Waals surface area contributed by atoms with Crippen molar-refractivity contribution in [3.63, 3.8) is 0 Å². The number of morpholine rings is 1. The smallest absolute Gasteiger partial charge is 0.326 e. The van der Waals surface area contributed by atoms with E-state index in [1.54, 1.807) is 7.11 Å². The van der Waals surface area contributed by atoms with Crippen molar-refractivity contribution in [2.24, 2.45) is 0 Å². The molecule has 3 atom stereocenters. The summed E-state index contributed by atoms with van der Waals surface area (Å²) in [6, 6.07) is 5.95. The van der Waals surface area contributed by atoms with Crippen molar-refractivity contribution >= 4 is 16.9 Å². The Labute approximate surface area is 170 Å². The highest BCUT2D eigenvalue weighted by atomic mass is 16.5. The molecule has 0 radical (unpaired) electrons. The average Bonchev–Trinajstić information content (AvgIpc) is 3.38. The lowest BCUT2D eigenvalue weighted by Crippen LogP contribution is -2.56. The van der Waals surface area contributed by atoms with Crippen LogP contribution in [0.15, 0.2) is 23.0 Å². The second-order valence-electron chi connectivity index (χ2n) is 8.62. The van der Waals surface area contributed by atoms with Crippen molar-refractivity contribution in [2.45, 2.75) is 69.2 Å². The van der Waals surface area contributed by atoms with Gasteiger partial charge in [0.25, 0.3) is 5.91 Å². The Balaban J connectivity index is 1.44. The highest BCUT2D eigenvalue weighted by Crippen LogP contribution is 2.33. The van der Waals surface area contributed by atoms with Gasteiger partial charge in [0.15, 0.2) is 0 Å². The summed E-state index contributed by atoms with van der Waals surface area (Å²) in [7, 11) is 1.74. The fourth-order valence-corrected chi connectivity index (χ4v) is 5.49. The maximum Gasteiger partial charge on any atom is 0.326 e. The number of carbonyl (C=O) groups excluding carboxylic acids is 1. The maximum atomic E-state index is 13.4. The highest BCUT2D eigenvalue weighted by Gasteiger charge is 2.40. The molecule has 3 fully saturated rings. The third kappa shape index (κ3) is 3.30. The highest BCUT2D eigenvalue weighted by molar-refractivity contribution is 5.97. The zero-order valence-corrected chi connectivity index (χ0v) is 16.9. The molecule has 1 saturated heterocycles. The fraction of sp³-hybridized carbons (Fsp3) is 0.636. The summed E-state index contributed by atoms with van der Waals surface area (Å²) in [5.74, 6) is 0.0106. The molecule has 2 heterocycles. The number of fused-ring (bicyclic) bond motifs is 2. The van der Waals surface area contributed by atoms with Crippen molar-refractivity contribution in [1.82, 2.24) is 14.5 Å². The van der Waals surface area contributed by atoms with Gasteiger partial charge in [-0.2, -0.15) is 0 Å². The molecule has 0 spiro atoms. The average molecular weight is 399 g/mol. The van der Waals surface area contributed by atoms with Gasteiger partial charge in [0.2, 0.25) is 0 Å². The number of aromatic nitrogens is 2. The second-order valence-corrected chi connectivity index (χ2v) is 8.62. The molecule has 3 aliphatic rings. The summed E-state index contributed by atoms with van der Waals surface area (Å²) in [6.45, 7) is 1.16. The molecule has 1 aliphatic heterocycles. The Morgan fingerprint density at radius 2 is 2.03 bits per heavy atom. The molecule has 29 heavy (non-hydrogen) atoms. The number of benzene rings is 1. The zero-order valence-electron chi connectivity index (χ0n) is 16.9. The summed E-state index contributed by atoms with van der Waals surface area (Å²) in [5.41, 5.74) is 2.20. The molecule has 2 saturated carbocycles. The molecule has 0 bridgehead atoms. The van der Waals surface area contributed by atoms with Gasteiger partial charge in [0.05, 0.1) is 35.9 Å². The number of ether oxygens (including phenoxy) is 2. The lowest BCUT2D eigenvalue weighted by Gasteiger charge is -2.45. The van der Waals surface area contributed by atoms with E-state index < -0.39 is 0 Å². The summed E-state index contributed by atoms with van der Waals surface area (Å²) >= 11 is 0. The third-order valence-electron chi connectivity index (χ3n) is 7.02. The zero-order chi connectivity index (χ0) is 20.0. The molecule has 7 heteroatoms. The minimum atomic E-state index is -0.0712. The Bertz CT molecular complexity index is 959. The topological polar surface area (TPSA) is 76.6 Å². The standard InChI is InChI=1S/C22H29N3O4/c1-28-16-7-9-20-19(13-16)24(10-11-29-20)21(26)14-6-8-18-17(12-14)23-22(27)25(18)15-4-2-3-5-15/h6,8,12,15-16,19-20H,2-5,7,9-11,13H2,1H3,(H,23,27). The van der Waals surface area contributed by atoms with Gasteiger partial charge in [-0.1, -0.05) is 12.8 Å². The molecule has 2 aliphatic carbocycles. The molecule has 5 rings (SSSR count). The SMILES string of the molecule is COC1CCC2OCCN(C(=O)c3ccc4c(c3)[nH]c(=O)n4C3CCCC3)C2C1. The van der Waals surface area contributed by atoms with E-state index in [4.69, 9.17) is 9.47 Å². The van der Waals surface area contributed by atoms with Gasteiger partial charge in [-0.25, -0.2) is 4.79 Å². The first-order valence-corrected chi connectivity index (χ1v) is 10.9. The molecular formula is C22H29N3O4. The Morgan fingerprint density at radius 1 is 1.21 bits per heavy atom. The molecule has 156 valence electrons. The van der Waals surface area contributed by atoms with Crippen LogP contribution in [0.3, 0.4) is 0 Å². The van der Waals surface area contributed by atoms with Crippen LogP contribution in [0.25, 0.3) is 11.0 Å². The van der Waals surface area contributed by atoms with E-state index in [2.05, 4.69) is 4.98 Å². The molecule has 7 nitrogen and oxygen atoms in total. The summed E-state index contributed by atoms with van der Waals surface area (Å²) in [5, 5.41) is 0. The van der Waals surface area contributed by atoms with E-state index in [1.807, 2.05) is 27.7 Å². The Morgan fingerprint density at radius 3 is 2.83 bits per heavy atom. The molecule has 2 aromatic rings. The van der Waals surface area contributed by atoms with Gasteiger partial charge >= 0.3 is 5.69 Å². The molecule has 3 unspecified atom stereocenters. The number of nitrogens with zero attached hydrogens (tertiary/aromatic N) is 2. The number of methoxy groups -OCH3 is 1. The minimum Gasteiger partial charge on any atom is -0.381 e. The van der Waals surface area contributed by atoms with Crippen LogP contribution < -0.4 is 5.69 Å². The third-order valence-corrected chi connectivity index (χ3v) is 7.02. The van der Waals surface area contributed by atoms with Gasteiger partial charge in [-0.05, 0) is 50.3 Å². The Hall–Kier alpha value is -2.12. The predicted octanol–water partition coefficient (Wildman–Crippen LogP) is 2.85. The van der Waals surface area contributed by atoms with Gasteiger partial charge in [-0.3, -0.25) is 9.36 Å². The van der Waals surface area contributed by atoms with Gasteiger partial charge in [0, 0.05) is 25.3 Å². The molecule has 1 aromatic heterocycles. The van der Waals surface area contributed by atoms with Crippen molar-refractivity contribution < 1.29 is 14.3 Å². The number of hydrogen-bond acceptors (Lipinski definition) is 4. The van der Waals surface area contributed by atoms with Crippen LogP contribution in [0.5, 0.6) is 0 Å². The number of imidazole rings is 1. The van der Waals surface area contributed by atoms with Crippen LogP contribution in [0.4, 0.5) is 0 Å². The monoisotopic (exact) mass is 399 g/mol. The number of carbonyl (C=O) groups is 1. The van der Waals surface area contributed by atoms with E-state index in [9.17, 15) is 9.59 Å². The fourth-order valence-electron chi connectivity index (χ4n) is 5.49. The first kappa shape index (κ1) is 18.9. The van der Waals surface area contributed by atoms with E-state index in [-0.39, 0.29) is 35.9 Å². The van der Waals surface area contributed by atoms with Crippen LogP contribution in [0.1, 0.15) is 61.3 Å². The first-order chi connectivity index (χ1) is 14.2. The predicted molar refractivity (Wildman–Crippen MR) is 109 cm³/mol. The minimum absolute atomic E-state index is 0.0106. The molecular weight excluding hydrogens is 370 g/mol. The number of amides is 1. The van der Waals surface area contributed by atoms with E-state index in [1.165, 1.54) is 12.8 Å². The van der Waals surface area contributed by atoms with Crippen molar-refractivity contribution in [3.8, 4) is 0 Å². The first-order valence-electron chi connectivity index (χ1n) is 10.9. The van der Waals surface area contributed by atoms with Gasteiger partial charge in [-0.15, -0.1) is 0 Å². The lowest BCUT2D eigenvalue weighted by atomic mass is 9.87. The number of nitrogens with one attached hydrogen (secondary N) is 1. The van der Waals surface area contributed by atoms with Crippen LogP contribution in [0, 0.1) is 0 Å². The normalized spacial score (nSPS) is 28.0. The number of rotatable bonds is 3. The van der Waals surface area contributed by atoms with Crippen LogP contribution >= 0.6 is 0 Å².